The van der Waals surface area contributed by atoms with Crippen LogP contribution in [0.25, 0.3) is 5.69 Å². The van der Waals surface area contributed by atoms with E-state index in [2.05, 4.69) is 20.3 Å². The number of thiazole rings is 1. The van der Waals surface area contributed by atoms with Crippen LogP contribution >= 0.6 is 35.3 Å². The number of benzene rings is 1. The van der Waals surface area contributed by atoms with Gasteiger partial charge in [0.25, 0.3) is 0 Å². The summed E-state index contributed by atoms with van der Waals surface area (Å²) in [5, 5.41) is 6.26. The lowest BCUT2D eigenvalue weighted by molar-refractivity contribution is 0.119. The Hall–Kier alpha value is -2.05. The van der Waals surface area contributed by atoms with Crippen LogP contribution in [0, 0.1) is 12.7 Å². The Morgan fingerprint density at radius 2 is 2.19 bits per heavy atom. The highest BCUT2D eigenvalue weighted by atomic mass is 127. The number of aliphatic imine (C=N–C) groups is 1. The van der Waals surface area contributed by atoms with Crippen molar-refractivity contribution in [2.24, 2.45) is 4.99 Å². The zero-order valence-corrected chi connectivity index (χ0v) is 21.4. The Labute approximate surface area is 203 Å². The van der Waals surface area contributed by atoms with Crippen molar-refractivity contribution in [3.8, 4) is 5.69 Å². The summed E-state index contributed by atoms with van der Waals surface area (Å²) in [4.78, 5) is 15.1. The van der Waals surface area contributed by atoms with Crippen LogP contribution in [0.3, 0.4) is 0 Å². The fourth-order valence-electron chi connectivity index (χ4n) is 3.05. The first-order valence-electron chi connectivity index (χ1n) is 9.60. The largest absolute Gasteiger partial charge is 0.375 e. The molecule has 1 N–H and O–H groups in total. The standard InChI is InChI=1S/C21H27FN6OS.HI/c1-14(29-5)20-26-17(13-30-20)12-27(4)21(23-3)25-11-16-6-7-19(18(22)10-16)28-9-8-24-15(28)2;/h6-10,13-14H,11-12H2,1-5H3,(H,23,25);1H. The van der Waals surface area contributed by atoms with Crippen molar-refractivity contribution in [1.82, 2.24) is 24.8 Å². The van der Waals surface area contributed by atoms with Gasteiger partial charge in [-0.25, -0.2) is 14.4 Å². The highest BCUT2D eigenvalue weighted by Crippen LogP contribution is 2.21. The van der Waals surface area contributed by atoms with Gasteiger partial charge in [0.05, 0.1) is 17.9 Å². The molecular weight excluding hydrogens is 530 g/mol. The van der Waals surface area contributed by atoms with Crippen molar-refractivity contribution in [3.63, 3.8) is 0 Å². The van der Waals surface area contributed by atoms with Crippen molar-refractivity contribution in [1.29, 1.82) is 0 Å². The molecule has 0 saturated carbocycles. The van der Waals surface area contributed by atoms with E-state index in [1.165, 1.54) is 6.07 Å². The summed E-state index contributed by atoms with van der Waals surface area (Å²) < 4.78 is 21.7. The molecule has 2 heterocycles. The predicted octanol–water partition coefficient (Wildman–Crippen LogP) is 4.31. The number of aryl methyl sites for hydroxylation is 1. The number of nitrogens with zero attached hydrogens (tertiary/aromatic N) is 5. The molecule has 0 fully saturated rings. The zero-order valence-electron chi connectivity index (χ0n) is 18.3. The Balaban J connectivity index is 0.00000341. The molecule has 31 heavy (non-hydrogen) atoms. The van der Waals surface area contributed by atoms with E-state index in [1.54, 1.807) is 48.5 Å². The Bertz CT molecular complexity index is 1020. The first-order chi connectivity index (χ1) is 14.4. The molecule has 0 bridgehead atoms. The molecule has 1 atom stereocenters. The normalized spacial score (nSPS) is 12.4. The number of ether oxygens (including phenoxy) is 1. The van der Waals surface area contributed by atoms with Gasteiger partial charge in [-0.15, -0.1) is 35.3 Å². The van der Waals surface area contributed by atoms with Crippen molar-refractivity contribution in [2.45, 2.75) is 33.0 Å². The highest BCUT2D eigenvalue weighted by molar-refractivity contribution is 14.0. The van der Waals surface area contributed by atoms with Crippen molar-refractivity contribution in [2.75, 3.05) is 21.2 Å². The van der Waals surface area contributed by atoms with E-state index in [0.717, 1.165) is 22.1 Å². The molecule has 0 radical (unpaired) electrons. The Morgan fingerprint density at radius 1 is 1.42 bits per heavy atom. The van der Waals surface area contributed by atoms with Crippen LogP contribution in [0.1, 0.15) is 35.1 Å². The maximum atomic E-state index is 14.6. The van der Waals surface area contributed by atoms with Crippen molar-refractivity contribution >= 4 is 41.3 Å². The summed E-state index contributed by atoms with van der Waals surface area (Å²) in [6.45, 7) is 4.89. The smallest absolute Gasteiger partial charge is 0.194 e. The van der Waals surface area contributed by atoms with Gasteiger partial charge in [0.1, 0.15) is 22.8 Å². The second kappa shape index (κ2) is 11.5. The van der Waals surface area contributed by atoms with Crippen LogP contribution < -0.4 is 5.32 Å². The molecule has 10 heteroatoms. The number of nitrogens with one attached hydrogen (secondary N) is 1. The third-order valence-corrected chi connectivity index (χ3v) is 5.85. The van der Waals surface area contributed by atoms with E-state index >= 15 is 0 Å². The lowest BCUT2D eigenvalue weighted by Gasteiger charge is -2.21. The summed E-state index contributed by atoms with van der Waals surface area (Å²) in [7, 11) is 5.35. The molecule has 0 aliphatic heterocycles. The van der Waals surface area contributed by atoms with Crippen LogP contribution in [-0.2, 0) is 17.8 Å². The average Bonchev–Trinajstić information content (AvgIpc) is 3.37. The van der Waals surface area contributed by atoms with E-state index in [1.807, 2.05) is 37.2 Å². The molecule has 2 aromatic heterocycles. The number of halogens is 2. The second-order valence-corrected chi connectivity index (χ2v) is 7.83. The Kier molecular flexibility index (Phi) is 9.38. The van der Waals surface area contributed by atoms with Gasteiger partial charge in [-0.1, -0.05) is 6.07 Å². The average molecular weight is 558 g/mol. The lowest BCUT2D eigenvalue weighted by atomic mass is 10.2. The fourth-order valence-corrected chi connectivity index (χ4v) is 3.90. The second-order valence-electron chi connectivity index (χ2n) is 6.94. The maximum Gasteiger partial charge on any atom is 0.194 e. The Morgan fingerprint density at radius 3 is 2.81 bits per heavy atom. The van der Waals surface area contributed by atoms with Gasteiger partial charge < -0.3 is 19.5 Å². The van der Waals surface area contributed by atoms with Gasteiger partial charge >= 0.3 is 0 Å². The molecule has 0 spiro atoms. The van der Waals surface area contributed by atoms with E-state index in [0.29, 0.717) is 24.7 Å². The predicted molar refractivity (Wildman–Crippen MR) is 133 cm³/mol. The number of imidazole rings is 1. The number of methoxy groups -OCH3 is 1. The molecule has 1 aromatic carbocycles. The number of rotatable bonds is 7. The fraction of sp³-hybridized carbons (Fsp3) is 0.381. The van der Waals surface area contributed by atoms with Crippen LogP contribution in [0.15, 0.2) is 41.0 Å². The lowest BCUT2D eigenvalue weighted by Crippen LogP contribution is -2.38. The molecule has 1 unspecified atom stereocenters. The molecule has 7 nitrogen and oxygen atoms in total. The monoisotopic (exact) mass is 558 g/mol. The van der Waals surface area contributed by atoms with Gasteiger partial charge in [-0.05, 0) is 31.5 Å². The van der Waals surface area contributed by atoms with Crippen LogP contribution in [0.5, 0.6) is 0 Å². The van der Waals surface area contributed by atoms with E-state index in [4.69, 9.17) is 4.74 Å². The first-order valence-corrected chi connectivity index (χ1v) is 10.5. The number of hydrogen-bond acceptors (Lipinski definition) is 5. The molecule has 0 saturated heterocycles. The molecule has 3 aromatic rings. The van der Waals surface area contributed by atoms with Gasteiger partial charge in [-0.3, -0.25) is 4.99 Å². The minimum Gasteiger partial charge on any atom is -0.375 e. The SMILES string of the molecule is CN=C(NCc1ccc(-n2ccnc2C)c(F)c1)N(C)Cc1csc(C(C)OC)n1.I. The number of aromatic nitrogens is 3. The van der Waals surface area contributed by atoms with Gasteiger partial charge in [0.15, 0.2) is 5.96 Å². The first kappa shape index (κ1) is 25.2. The maximum absolute atomic E-state index is 14.6. The molecule has 168 valence electrons. The summed E-state index contributed by atoms with van der Waals surface area (Å²) >= 11 is 1.59. The van der Waals surface area contributed by atoms with E-state index in [-0.39, 0.29) is 35.9 Å². The topological polar surface area (TPSA) is 67.6 Å². The molecule has 0 aliphatic rings. The summed E-state index contributed by atoms with van der Waals surface area (Å²) in [6, 6.07) is 5.20. The molecule has 0 amide bonds. The third kappa shape index (κ3) is 6.23. The molecule has 0 aliphatic carbocycles. The van der Waals surface area contributed by atoms with Gasteiger partial charge in [-0.2, -0.15) is 0 Å². The minimum atomic E-state index is -0.291. The summed E-state index contributed by atoms with van der Waals surface area (Å²) in [5.74, 6) is 1.16. The van der Waals surface area contributed by atoms with Crippen LogP contribution in [0.4, 0.5) is 4.39 Å². The van der Waals surface area contributed by atoms with Gasteiger partial charge in [0, 0.05) is 45.5 Å². The number of guanidine groups is 1. The van der Waals surface area contributed by atoms with Crippen molar-refractivity contribution in [3.05, 3.63) is 63.9 Å². The van der Waals surface area contributed by atoms with Gasteiger partial charge in [0.2, 0.25) is 0 Å². The van der Waals surface area contributed by atoms with E-state index < -0.39 is 0 Å². The van der Waals surface area contributed by atoms with Crippen LogP contribution in [-0.4, -0.2) is 46.6 Å². The van der Waals surface area contributed by atoms with Crippen molar-refractivity contribution < 1.29 is 9.13 Å². The minimum absolute atomic E-state index is 0. The summed E-state index contributed by atoms with van der Waals surface area (Å²) in [5.41, 5.74) is 2.27. The van der Waals surface area contributed by atoms with Crippen LogP contribution in [0.2, 0.25) is 0 Å². The quantitative estimate of drug-likeness (QED) is 0.266. The number of hydrogen-bond donors (Lipinski definition) is 1. The highest BCUT2D eigenvalue weighted by Gasteiger charge is 2.13. The zero-order chi connectivity index (χ0) is 21.7. The van der Waals surface area contributed by atoms with E-state index in [9.17, 15) is 4.39 Å². The molecule has 3 rings (SSSR count). The third-order valence-electron chi connectivity index (χ3n) is 4.79. The molecular formula is C21H28FIN6OS. The summed E-state index contributed by atoms with van der Waals surface area (Å²) in [6.07, 6.45) is 3.39.